The Morgan fingerprint density at radius 2 is 1.67 bits per heavy atom. The Balaban J connectivity index is 1.92. The first-order chi connectivity index (χ1) is 12.8. The topological polar surface area (TPSA) is 54.9 Å². The van der Waals surface area contributed by atoms with Crippen molar-refractivity contribution in [2.24, 2.45) is 5.92 Å². The number of carbonyl (C=O) groups is 1. The van der Waals surface area contributed by atoms with Gasteiger partial charge >= 0.3 is 0 Å². The van der Waals surface area contributed by atoms with Crippen LogP contribution in [-0.2, 0) is 17.6 Å². The van der Waals surface area contributed by atoms with E-state index in [2.05, 4.69) is 53.4 Å². The molecule has 0 saturated carbocycles. The molecular weight excluding hydrogens is 354 g/mol. The van der Waals surface area contributed by atoms with Crippen LogP contribution >= 0.6 is 11.8 Å². The van der Waals surface area contributed by atoms with Crippen LogP contribution in [0.2, 0.25) is 0 Å². The smallest absolute Gasteiger partial charge is 0.220 e. The normalized spacial score (nSPS) is 12.3. The summed E-state index contributed by atoms with van der Waals surface area (Å²) in [4.78, 5) is 21.4. The summed E-state index contributed by atoms with van der Waals surface area (Å²) in [6.45, 7) is 10.5. The van der Waals surface area contributed by atoms with Gasteiger partial charge in [-0.15, -0.1) is 0 Å². The van der Waals surface area contributed by atoms with Crippen LogP contribution in [0.5, 0.6) is 0 Å². The van der Waals surface area contributed by atoms with Crippen molar-refractivity contribution in [3.05, 3.63) is 52.3 Å². The highest BCUT2D eigenvalue weighted by Crippen LogP contribution is 2.18. The van der Waals surface area contributed by atoms with E-state index in [1.807, 2.05) is 27.0 Å². The van der Waals surface area contributed by atoms with E-state index < -0.39 is 0 Å². The van der Waals surface area contributed by atoms with Gasteiger partial charge in [0.25, 0.3) is 0 Å². The lowest BCUT2D eigenvalue weighted by atomic mass is 10.00. The highest BCUT2D eigenvalue weighted by Gasteiger charge is 2.13. The Bertz CT molecular complexity index is 749. The Kier molecular flexibility index (Phi) is 7.84. The van der Waals surface area contributed by atoms with E-state index in [0.717, 1.165) is 34.1 Å². The van der Waals surface area contributed by atoms with E-state index in [1.165, 1.54) is 17.3 Å². The van der Waals surface area contributed by atoms with Crippen molar-refractivity contribution < 1.29 is 4.79 Å². The van der Waals surface area contributed by atoms with Gasteiger partial charge in [-0.05, 0) is 62.5 Å². The molecule has 1 aromatic carbocycles. The molecule has 0 aliphatic carbocycles. The number of nitrogens with zero attached hydrogens (tertiary/aromatic N) is 2. The molecule has 1 aromatic heterocycles. The quantitative estimate of drug-likeness (QED) is 0.523. The van der Waals surface area contributed by atoms with Gasteiger partial charge in [-0.2, -0.15) is 0 Å². The van der Waals surface area contributed by atoms with E-state index >= 15 is 0 Å². The lowest BCUT2D eigenvalue weighted by molar-refractivity contribution is -0.121. The van der Waals surface area contributed by atoms with Gasteiger partial charge < -0.3 is 5.32 Å². The Morgan fingerprint density at radius 1 is 1.07 bits per heavy atom. The van der Waals surface area contributed by atoms with Crippen molar-refractivity contribution in [2.45, 2.75) is 65.1 Å². The number of carbonyl (C=O) groups excluding carboxylic acids is 1. The Labute approximate surface area is 167 Å². The SMILES string of the molecule is CSc1nc(C)c(CCC(=O)N[C@@H](C)c2ccc(CC(C)C)cc2)c(C)n1. The molecule has 1 amide bonds. The Morgan fingerprint density at radius 3 is 2.19 bits per heavy atom. The van der Waals surface area contributed by atoms with Crippen LogP contribution in [0.1, 0.15) is 61.3 Å². The number of benzene rings is 1. The van der Waals surface area contributed by atoms with E-state index in [-0.39, 0.29) is 11.9 Å². The lowest BCUT2D eigenvalue weighted by Crippen LogP contribution is -2.27. The monoisotopic (exact) mass is 385 g/mol. The predicted molar refractivity (Wildman–Crippen MR) is 113 cm³/mol. The van der Waals surface area contributed by atoms with Crippen LogP contribution in [0.15, 0.2) is 29.4 Å². The zero-order valence-corrected chi connectivity index (χ0v) is 18.1. The van der Waals surface area contributed by atoms with Crippen molar-refractivity contribution in [1.29, 1.82) is 0 Å². The molecule has 0 spiro atoms. The summed E-state index contributed by atoms with van der Waals surface area (Å²) in [6.07, 6.45) is 4.16. The third-order valence-electron chi connectivity index (χ3n) is 4.69. The maximum absolute atomic E-state index is 12.4. The minimum atomic E-state index is 0.00270. The fourth-order valence-corrected chi connectivity index (χ4v) is 3.67. The second kappa shape index (κ2) is 9.88. The lowest BCUT2D eigenvalue weighted by Gasteiger charge is -2.16. The summed E-state index contributed by atoms with van der Waals surface area (Å²) in [7, 11) is 0. The van der Waals surface area contributed by atoms with Gasteiger partial charge in [0, 0.05) is 17.8 Å². The number of amides is 1. The van der Waals surface area contributed by atoms with Gasteiger partial charge in [0.1, 0.15) is 0 Å². The molecule has 0 saturated heterocycles. The van der Waals surface area contributed by atoms with E-state index in [4.69, 9.17) is 0 Å². The molecule has 5 heteroatoms. The maximum atomic E-state index is 12.4. The molecule has 146 valence electrons. The van der Waals surface area contributed by atoms with Gasteiger partial charge in [0.15, 0.2) is 5.16 Å². The van der Waals surface area contributed by atoms with Crippen molar-refractivity contribution in [3.63, 3.8) is 0 Å². The summed E-state index contributed by atoms with van der Waals surface area (Å²) >= 11 is 1.54. The second-order valence-corrected chi connectivity index (χ2v) is 8.26. The van der Waals surface area contributed by atoms with E-state index in [1.54, 1.807) is 0 Å². The molecule has 2 rings (SSSR count). The van der Waals surface area contributed by atoms with Crippen molar-refractivity contribution in [2.75, 3.05) is 6.26 Å². The number of rotatable bonds is 8. The Hall–Kier alpha value is -1.88. The molecule has 1 N–H and O–H groups in total. The summed E-state index contributed by atoms with van der Waals surface area (Å²) in [5.41, 5.74) is 5.48. The number of aromatic nitrogens is 2. The molecular formula is C22H31N3OS. The van der Waals surface area contributed by atoms with Crippen LogP contribution in [0, 0.1) is 19.8 Å². The molecule has 27 heavy (non-hydrogen) atoms. The third-order valence-corrected chi connectivity index (χ3v) is 5.23. The maximum Gasteiger partial charge on any atom is 0.220 e. The van der Waals surface area contributed by atoms with Crippen LogP contribution in [0.25, 0.3) is 0 Å². The zero-order chi connectivity index (χ0) is 20.0. The molecule has 0 fully saturated rings. The molecule has 0 unspecified atom stereocenters. The van der Waals surface area contributed by atoms with Gasteiger partial charge in [0.2, 0.25) is 5.91 Å². The number of hydrogen-bond donors (Lipinski definition) is 1. The number of nitrogens with one attached hydrogen (secondary N) is 1. The standard InChI is InChI=1S/C22H31N3OS/c1-14(2)13-18-7-9-19(10-8-18)15(3)23-21(26)12-11-20-16(4)24-22(27-6)25-17(20)5/h7-10,14-15H,11-13H2,1-6H3,(H,23,26)/t15-/m0/s1. The number of hydrogen-bond acceptors (Lipinski definition) is 4. The predicted octanol–water partition coefficient (Wildman–Crippen LogP) is 4.82. The third kappa shape index (κ3) is 6.35. The average molecular weight is 386 g/mol. The average Bonchev–Trinajstić information content (AvgIpc) is 2.60. The molecule has 0 aliphatic rings. The molecule has 2 aromatic rings. The highest BCUT2D eigenvalue weighted by molar-refractivity contribution is 7.98. The van der Waals surface area contributed by atoms with E-state index in [0.29, 0.717) is 18.8 Å². The van der Waals surface area contributed by atoms with Crippen molar-refractivity contribution >= 4 is 17.7 Å². The summed E-state index contributed by atoms with van der Waals surface area (Å²) < 4.78 is 0. The first-order valence-electron chi connectivity index (χ1n) is 9.56. The molecule has 1 heterocycles. The van der Waals surface area contributed by atoms with Gasteiger partial charge in [0.05, 0.1) is 6.04 Å². The summed E-state index contributed by atoms with van der Waals surface area (Å²) in [5.74, 6) is 0.704. The van der Waals surface area contributed by atoms with E-state index in [9.17, 15) is 4.79 Å². The van der Waals surface area contributed by atoms with Crippen molar-refractivity contribution in [3.8, 4) is 0 Å². The summed E-state index contributed by atoms with van der Waals surface area (Å²) in [6, 6.07) is 8.56. The minimum absolute atomic E-state index is 0.00270. The largest absolute Gasteiger partial charge is 0.350 e. The minimum Gasteiger partial charge on any atom is -0.350 e. The van der Waals surface area contributed by atoms with Crippen LogP contribution in [-0.4, -0.2) is 22.1 Å². The van der Waals surface area contributed by atoms with Crippen LogP contribution in [0.3, 0.4) is 0 Å². The second-order valence-electron chi connectivity index (χ2n) is 7.49. The molecule has 1 atom stereocenters. The fraction of sp³-hybridized carbons (Fsp3) is 0.500. The van der Waals surface area contributed by atoms with Crippen LogP contribution in [0.4, 0.5) is 0 Å². The molecule has 4 nitrogen and oxygen atoms in total. The summed E-state index contributed by atoms with van der Waals surface area (Å²) in [5, 5.41) is 3.89. The zero-order valence-electron chi connectivity index (χ0n) is 17.3. The van der Waals surface area contributed by atoms with Gasteiger partial charge in [-0.25, -0.2) is 9.97 Å². The molecule has 0 radical (unpaired) electrons. The highest BCUT2D eigenvalue weighted by atomic mass is 32.2. The fourth-order valence-electron chi connectivity index (χ4n) is 3.21. The molecule has 0 aliphatic heterocycles. The molecule has 0 bridgehead atoms. The number of aryl methyl sites for hydroxylation is 2. The van der Waals surface area contributed by atoms with Gasteiger partial charge in [-0.3, -0.25) is 4.79 Å². The van der Waals surface area contributed by atoms with Gasteiger partial charge in [-0.1, -0.05) is 49.9 Å². The number of thioether (sulfide) groups is 1. The van der Waals surface area contributed by atoms with Crippen molar-refractivity contribution in [1.82, 2.24) is 15.3 Å². The first kappa shape index (κ1) is 21.4. The van der Waals surface area contributed by atoms with Crippen LogP contribution < -0.4 is 5.32 Å². The first-order valence-corrected chi connectivity index (χ1v) is 10.8.